The van der Waals surface area contributed by atoms with Gasteiger partial charge >= 0.3 is 0 Å². The topological polar surface area (TPSA) is 58.6 Å². The fourth-order valence-electron chi connectivity index (χ4n) is 2.59. The van der Waals surface area contributed by atoms with E-state index in [4.69, 9.17) is 4.74 Å². The van der Waals surface area contributed by atoms with Crippen LogP contribution >= 0.6 is 0 Å². The Hall–Kier alpha value is -2.82. The number of para-hydroxylation sites is 1. The molecule has 1 aliphatic heterocycles. The predicted molar refractivity (Wildman–Crippen MR) is 88.7 cm³/mol. The minimum atomic E-state index is -0.632. The highest BCUT2D eigenvalue weighted by molar-refractivity contribution is 6.06. The molecule has 0 aliphatic carbocycles. The third-order valence-electron chi connectivity index (χ3n) is 3.80. The highest BCUT2D eigenvalue weighted by atomic mass is 16.5. The van der Waals surface area contributed by atoms with E-state index in [9.17, 15) is 9.59 Å². The van der Waals surface area contributed by atoms with E-state index in [1.807, 2.05) is 55.5 Å². The van der Waals surface area contributed by atoms with Gasteiger partial charge in [0.15, 0.2) is 6.61 Å². The van der Waals surface area contributed by atoms with Crippen LogP contribution in [0.3, 0.4) is 0 Å². The van der Waals surface area contributed by atoms with Gasteiger partial charge in [0.1, 0.15) is 11.8 Å². The molecule has 1 aliphatic rings. The zero-order valence-electron chi connectivity index (χ0n) is 13.1. The number of anilines is 2. The molecular weight excluding hydrogens is 292 g/mol. The lowest BCUT2D eigenvalue weighted by Gasteiger charge is -2.33. The van der Waals surface area contributed by atoms with Crippen molar-refractivity contribution in [1.29, 1.82) is 0 Å². The number of hydrogen-bond acceptors (Lipinski definition) is 3. The molecule has 0 spiro atoms. The SMILES string of the molecule is Cc1ccc2c(c1)N(C(C)C(=O)Nc1ccccc1)C(=O)CO2. The average molecular weight is 310 g/mol. The number of aryl methyl sites for hydroxylation is 1. The monoisotopic (exact) mass is 310 g/mol. The first-order chi connectivity index (χ1) is 11.1. The summed E-state index contributed by atoms with van der Waals surface area (Å²) in [7, 11) is 0. The lowest BCUT2D eigenvalue weighted by atomic mass is 10.1. The fraction of sp³-hybridized carbons (Fsp3) is 0.222. The summed E-state index contributed by atoms with van der Waals surface area (Å²) < 4.78 is 5.45. The average Bonchev–Trinajstić information content (AvgIpc) is 2.55. The molecule has 118 valence electrons. The highest BCUT2D eigenvalue weighted by Crippen LogP contribution is 2.34. The van der Waals surface area contributed by atoms with Crippen molar-refractivity contribution in [3.8, 4) is 5.75 Å². The molecule has 0 saturated carbocycles. The van der Waals surface area contributed by atoms with Gasteiger partial charge in [0.2, 0.25) is 5.91 Å². The van der Waals surface area contributed by atoms with Crippen LogP contribution in [0.4, 0.5) is 11.4 Å². The van der Waals surface area contributed by atoms with E-state index in [2.05, 4.69) is 5.32 Å². The molecule has 2 aromatic rings. The number of benzene rings is 2. The number of carbonyl (C=O) groups excluding carboxylic acids is 2. The van der Waals surface area contributed by atoms with Gasteiger partial charge in [-0.25, -0.2) is 0 Å². The van der Waals surface area contributed by atoms with Crippen molar-refractivity contribution >= 4 is 23.2 Å². The van der Waals surface area contributed by atoms with E-state index in [0.717, 1.165) is 5.56 Å². The Labute approximate surface area is 134 Å². The van der Waals surface area contributed by atoms with Gasteiger partial charge in [0.05, 0.1) is 5.69 Å². The van der Waals surface area contributed by atoms with E-state index in [1.165, 1.54) is 4.90 Å². The van der Waals surface area contributed by atoms with Crippen molar-refractivity contribution in [2.75, 3.05) is 16.8 Å². The van der Waals surface area contributed by atoms with Crippen LogP contribution in [0.25, 0.3) is 0 Å². The van der Waals surface area contributed by atoms with Crippen LogP contribution < -0.4 is 15.0 Å². The summed E-state index contributed by atoms with van der Waals surface area (Å²) in [6, 6.07) is 14.2. The summed E-state index contributed by atoms with van der Waals surface area (Å²) in [5.41, 5.74) is 2.34. The molecule has 2 amide bonds. The zero-order valence-corrected chi connectivity index (χ0v) is 13.1. The molecule has 1 heterocycles. The first-order valence-corrected chi connectivity index (χ1v) is 7.47. The number of ether oxygens (including phenoxy) is 1. The molecule has 5 nitrogen and oxygen atoms in total. The smallest absolute Gasteiger partial charge is 0.265 e. The zero-order chi connectivity index (χ0) is 16.4. The predicted octanol–water partition coefficient (Wildman–Crippen LogP) is 2.75. The number of nitrogens with zero attached hydrogens (tertiary/aromatic N) is 1. The van der Waals surface area contributed by atoms with Gasteiger partial charge < -0.3 is 10.1 Å². The van der Waals surface area contributed by atoms with Crippen molar-refractivity contribution in [1.82, 2.24) is 0 Å². The Morgan fingerprint density at radius 1 is 1.22 bits per heavy atom. The number of nitrogens with one attached hydrogen (secondary N) is 1. The Morgan fingerprint density at radius 3 is 2.70 bits per heavy atom. The van der Waals surface area contributed by atoms with Crippen LogP contribution in [0.2, 0.25) is 0 Å². The van der Waals surface area contributed by atoms with Gasteiger partial charge in [-0.15, -0.1) is 0 Å². The number of rotatable bonds is 3. The normalized spacial score (nSPS) is 14.7. The van der Waals surface area contributed by atoms with Crippen LogP contribution in [0, 0.1) is 6.92 Å². The van der Waals surface area contributed by atoms with Crippen molar-refractivity contribution in [3.05, 3.63) is 54.1 Å². The quantitative estimate of drug-likeness (QED) is 0.948. The lowest BCUT2D eigenvalue weighted by Crippen LogP contribution is -2.49. The molecular formula is C18H18N2O3. The maximum absolute atomic E-state index is 12.5. The Kier molecular flexibility index (Phi) is 4.02. The second kappa shape index (κ2) is 6.12. The van der Waals surface area contributed by atoms with Crippen LogP contribution in [0.15, 0.2) is 48.5 Å². The number of fused-ring (bicyclic) bond motifs is 1. The minimum absolute atomic E-state index is 0.0565. The first kappa shape index (κ1) is 15.1. The maximum atomic E-state index is 12.5. The van der Waals surface area contributed by atoms with E-state index >= 15 is 0 Å². The summed E-state index contributed by atoms with van der Waals surface area (Å²) in [6.45, 7) is 3.60. The number of hydrogen-bond donors (Lipinski definition) is 1. The fourth-order valence-corrected chi connectivity index (χ4v) is 2.59. The van der Waals surface area contributed by atoms with Gasteiger partial charge in [-0.3, -0.25) is 14.5 Å². The largest absolute Gasteiger partial charge is 0.482 e. The standard InChI is InChI=1S/C18H18N2O3/c1-12-8-9-16-15(10-12)20(17(21)11-23-16)13(2)18(22)19-14-6-4-3-5-7-14/h3-10,13H,11H2,1-2H3,(H,19,22). The summed E-state index contributed by atoms with van der Waals surface area (Å²) in [6.07, 6.45) is 0. The van der Waals surface area contributed by atoms with E-state index < -0.39 is 6.04 Å². The second-order valence-electron chi connectivity index (χ2n) is 5.55. The molecule has 0 fully saturated rings. The summed E-state index contributed by atoms with van der Waals surface area (Å²) >= 11 is 0. The van der Waals surface area contributed by atoms with E-state index in [1.54, 1.807) is 6.92 Å². The highest BCUT2D eigenvalue weighted by Gasteiger charge is 2.33. The van der Waals surface area contributed by atoms with Gasteiger partial charge in [-0.2, -0.15) is 0 Å². The minimum Gasteiger partial charge on any atom is -0.482 e. The van der Waals surface area contributed by atoms with E-state index in [0.29, 0.717) is 17.1 Å². The molecule has 1 atom stereocenters. The summed E-state index contributed by atoms with van der Waals surface area (Å²) in [5, 5.41) is 2.83. The molecule has 0 bridgehead atoms. The molecule has 0 radical (unpaired) electrons. The molecule has 0 aromatic heterocycles. The number of amides is 2. The van der Waals surface area contributed by atoms with Crippen molar-refractivity contribution < 1.29 is 14.3 Å². The third-order valence-corrected chi connectivity index (χ3v) is 3.80. The van der Waals surface area contributed by atoms with Crippen molar-refractivity contribution in [2.24, 2.45) is 0 Å². The Bertz CT molecular complexity index is 743. The van der Waals surface area contributed by atoms with Crippen LogP contribution in [0.5, 0.6) is 5.75 Å². The first-order valence-electron chi connectivity index (χ1n) is 7.47. The molecule has 2 aromatic carbocycles. The molecule has 0 saturated heterocycles. The molecule has 23 heavy (non-hydrogen) atoms. The van der Waals surface area contributed by atoms with Crippen LogP contribution in [-0.2, 0) is 9.59 Å². The second-order valence-corrected chi connectivity index (χ2v) is 5.55. The van der Waals surface area contributed by atoms with Gasteiger partial charge in [0.25, 0.3) is 5.91 Å². The molecule has 3 rings (SSSR count). The van der Waals surface area contributed by atoms with Crippen molar-refractivity contribution in [3.63, 3.8) is 0 Å². The lowest BCUT2D eigenvalue weighted by molar-refractivity contribution is -0.125. The third kappa shape index (κ3) is 3.04. The molecule has 1 unspecified atom stereocenters. The van der Waals surface area contributed by atoms with Gasteiger partial charge in [-0.1, -0.05) is 24.3 Å². The van der Waals surface area contributed by atoms with E-state index in [-0.39, 0.29) is 18.4 Å². The van der Waals surface area contributed by atoms with Crippen LogP contribution in [-0.4, -0.2) is 24.5 Å². The van der Waals surface area contributed by atoms with Gasteiger partial charge in [0, 0.05) is 5.69 Å². The van der Waals surface area contributed by atoms with Crippen LogP contribution in [0.1, 0.15) is 12.5 Å². The molecule has 1 N–H and O–H groups in total. The number of carbonyl (C=O) groups is 2. The Balaban J connectivity index is 1.87. The summed E-state index contributed by atoms with van der Waals surface area (Å²) in [4.78, 5) is 26.3. The van der Waals surface area contributed by atoms with Crippen molar-refractivity contribution in [2.45, 2.75) is 19.9 Å². The maximum Gasteiger partial charge on any atom is 0.265 e. The van der Waals surface area contributed by atoms with Gasteiger partial charge in [-0.05, 0) is 43.7 Å². The molecule has 5 heteroatoms. The Morgan fingerprint density at radius 2 is 1.96 bits per heavy atom. The summed E-state index contributed by atoms with van der Waals surface area (Å²) in [5.74, 6) is 0.160.